The average Bonchev–Trinajstić information content (AvgIpc) is 3.67. The largest absolute Gasteiger partial charge is 0.309 e. The van der Waals surface area contributed by atoms with E-state index in [2.05, 4.69) is 118 Å². The van der Waals surface area contributed by atoms with Crippen molar-refractivity contribution in [3.05, 3.63) is 169 Å². The quantitative estimate of drug-likeness (QED) is 0.200. The second kappa shape index (κ2) is 10.8. The maximum absolute atomic E-state index is 9.86. The highest BCUT2D eigenvalue weighted by Gasteiger charge is 2.17. The molecule has 0 unspecified atom stereocenters. The minimum Gasteiger partial charge on any atom is -0.309 e. The highest BCUT2D eigenvalue weighted by Crippen LogP contribution is 2.38. The number of nitriles is 2. The van der Waals surface area contributed by atoms with Gasteiger partial charge in [0.15, 0.2) is 0 Å². The molecule has 0 amide bonds. The molecule has 48 heavy (non-hydrogen) atoms. The summed E-state index contributed by atoms with van der Waals surface area (Å²) in [6, 6.07) is 60.7. The maximum atomic E-state index is 9.86. The Balaban J connectivity index is 1.16. The van der Waals surface area contributed by atoms with Crippen molar-refractivity contribution in [2.24, 2.45) is 0 Å². The van der Waals surface area contributed by atoms with Gasteiger partial charge in [-0.1, -0.05) is 91.0 Å². The predicted octanol–water partition coefficient (Wildman–Crippen LogP) is 10.6. The molecule has 0 saturated carbocycles. The van der Waals surface area contributed by atoms with E-state index in [1.807, 2.05) is 60.7 Å². The number of aromatic nitrogens is 2. The monoisotopic (exact) mass is 608 g/mol. The third-order valence-electron chi connectivity index (χ3n) is 9.24. The average molecular weight is 609 g/mol. The molecule has 0 fully saturated rings. The van der Waals surface area contributed by atoms with Crippen molar-refractivity contribution >= 4 is 43.6 Å². The van der Waals surface area contributed by atoms with Crippen molar-refractivity contribution in [2.75, 3.05) is 0 Å². The molecule has 4 nitrogen and oxygen atoms in total. The van der Waals surface area contributed by atoms with Gasteiger partial charge in [0.1, 0.15) is 0 Å². The number of fused-ring (bicyclic) bond motifs is 6. The van der Waals surface area contributed by atoms with Crippen LogP contribution in [-0.2, 0) is 0 Å². The second-order valence-corrected chi connectivity index (χ2v) is 11.9. The number of para-hydroxylation sites is 2. The van der Waals surface area contributed by atoms with E-state index in [0.29, 0.717) is 11.1 Å². The van der Waals surface area contributed by atoms with Crippen molar-refractivity contribution in [1.29, 1.82) is 10.5 Å². The summed E-state index contributed by atoms with van der Waals surface area (Å²) >= 11 is 0. The molecule has 9 aromatic rings. The zero-order chi connectivity index (χ0) is 32.2. The Morgan fingerprint density at radius 3 is 1.98 bits per heavy atom. The Morgan fingerprint density at radius 2 is 1.17 bits per heavy atom. The minimum atomic E-state index is 0.605. The van der Waals surface area contributed by atoms with Crippen LogP contribution in [0.15, 0.2) is 146 Å². The summed E-state index contributed by atoms with van der Waals surface area (Å²) in [5.41, 5.74) is 11.8. The molecule has 220 valence electrons. The molecule has 0 saturated heterocycles. The summed E-state index contributed by atoms with van der Waals surface area (Å²) in [6.45, 7) is 0. The summed E-state index contributed by atoms with van der Waals surface area (Å²) in [7, 11) is 0. The highest BCUT2D eigenvalue weighted by atomic mass is 15.0. The summed E-state index contributed by atoms with van der Waals surface area (Å²) < 4.78 is 4.50. The number of hydrogen-bond acceptors (Lipinski definition) is 2. The molecule has 0 aliphatic carbocycles. The molecule has 2 heterocycles. The lowest BCUT2D eigenvalue weighted by Crippen LogP contribution is -1.98. The fourth-order valence-electron chi connectivity index (χ4n) is 7.06. The molecule has 0 aliphatic rings. The van der Waals surface area contributed by atoms with Crippen molar-refractivity contribution in [1.82, 2.24) is 9.13 Å². The molecule has 0 atom stereocenters. The van der Waals surface area contributed by atoms with Gasteiger partial charge >= 0.3 is 0 Å². The van der Waals surface area contributed by atoms with Crippen LogP contribution < -0.4 is 0 Å². The van der Waals surface area contributed by atoms with Crippen LogP contribution >= 0.6 is 0 Å². The van der Waals surface area contributed by atoms with E-state index in [0.717, 1.165) is 77.2 Å². The summed E-state index contributed by atoms with van der Waals surface area (Å²) in [5, 5.41) is 23.7. The van der Waals surface area contributed by atoms with Crippen LogP contribution in [0.5, 0.6) is 0 Å². The summed E-state index contributed by atoms with van der Waals surface area (Å²) in [4.78, 5) is 0. The van der Waals surface area contributed by atoms with Gasteiger partial charge in [-0.15, -0.1) is 0 Å². The molecule has 0 spiro atoms. The molecular weight excluding hydrogens is 585 g/mol. The first-order chi connectivity index (χ1) is 23.7. The number of nitrogens with zero attached hydrogens (tertiary/aromatic N) is 4. The van der Waals surface area contributed by atoms with Crippen molar-refractivity contribution in [3.63, 3.8) is 0 Å². The maximum Gasteiger partial charge on any atom is 0.0992 e. The Hall–Kier alpha value is -7.06. The van der Waals surface area contributed by atoms with Gasteiger partial charge < -0.3 is 9.13 Å². The molecule has 0 N–H and O–H groups in total. The first kappa shape index (κ1) is 27.3. The number of hydrogen-bond donors (Lipinski definition) is 0. The van der Waals surface area contributed by atoms with Crippen LogP contribution in [0.1, 0.15) is 11.1 Å². The molecule has 7 aromatic carbocycles. The zero-order valence-electron chi connectivity index (χ0n) is 25.6. The fraction of sp³-hybridized carbons (Fsp3) is 0. The van der Waals surface area contributed by atoms with Crippen LogP contribution in [0.3, 0.4) is 0 Å². The number of rotatable bonds is 4. The summed E-state index contributed by atoms with van der Waals surface area (Å²) in [6.07, 6.45) is 0. The van der Waals surface area contributed by atoms with Crippen LogP contribution in [-0.4, -0.2) is 9.13 Å². The third-order valence-corrected chi connectivity index (χ3v) is 9.24. The van der Waals surface area contributed by atoms with Gasteiger partial charge in [-0.3, -0.25) is 0 Å². The van der Waals surface area contributed by atoms with Crippen LogP contribution in [0.2, 0.25) is 0 Å². The van der Waals surface area contributed by atoms with E-state index in [9.17, 15) is 10.5 Å². The Labute approximate surface area is 277 Å². The van der Waals surface area contributed by atoms with Crippen LogP contribution in [0.25, 0.3) is 77.2 Å². The van der Waals surface area contributed by atoms with Gasteiger partial charge in [0.2, 0.25) is 0 Å². The highest BCUT2D eigenvalue weighted by molar-refractivity contribution is 6.10. The molecule has 4 heteroatoms. The SMILES string of the molecule is N#Cc1ccc(-c2ccc(-c3cccc(-n4c5ccccc5c5cc(C#N)ccc54)c3)cc2)c(-n2c3ccc#cc3c3ccccc32)c1. The van der Waals surface area contributed by atoms with Crippen molar-refractivity contribution < 1.29 is 0 Å². The predicted molar refractivity (Wildman–Crippen MR) is 193 cm³/mol. The third kappa shape index (κ3) is 4.17. The first-order valence-electron chi connectivity index (χ1n) is 15.7. The van der Waals surface area contributed by atoms with E-state index in [1.54, 1.807) is 0 Å². The zero-order valence-corrected chi connectivity index (χ0v) is 25.6. The van der Waals surface area contributed by atoms with Crippen molar-refractivity contribution in [3.8, 4) is 45.8 Å². The normalized spacial score (nSPS) is 11.1. The van der Waals surface area contributed by atoms with E-state index in [4.69, 9.17) is 0 Å². The molecule has 0 radical (unpaired) electrons. The van der Waals surface area contributed by atoms with Crippen LogP contribution in [0, 0.1) is 34.8 Å². The fourth-order valence-corrected chi connectivity index (χ4v) is 7.06. The van der Waals surface area contributed by atoms with Gasteiger partial charge in [-0.2, -0.15) is 10.5 Å². The summed E-state index contributed by atoms with van der Waals surface area (Å²) in [5.74, 6) is 0. The number of benzene rings is 6. The van der Waals surface area contributed by atoms with Gasteiger partial charge in [-0.05, 0) is 83.4 Å². The smallest absolute Gasteiger partial charge is 0.0992 e. The topological polar surface area (TPSA) is 57.4 Å². The lowest BCUT2D eigenvalue weighted by Gasteiger charge is -2.15. The Bertz CT molecular complexity index is 2750. The van der Waals surface area contributed by atoms with Gasteiger partial charge in [0.25, 0.3) is 0 Å². The van der Waals surface area contributed by atoms with Gasteiger partial charge in [0, 0.05) is 27.4 Å². The lowest BCUT2D eigenvalue weighted by atomic mass is 9.97. The standard InChI is InChI=1S/C44H24N4/c45-27-29-17-23-43-39(24-29)38-12-3-4-13-40(38)47(43)34-9-7-8-33(26-34)31-18-20-32(21-19-31)35-22-16-30(28-46)25-44(35)48-41-14-5-1-10-36(41)37-11-2-6-15-42(37)48/h1,3-10,12-26H. The molecule has 9 rings (SSSR count). The minimum absolute atomic E-state index is 0.605. The first-order valence-corrected chi connectivity index (χ1v) is 15.7. The van der Waals surface area contributed by atoms with Crippen molar-refractivity contribution in [2.45, 2.75) is 0 Å². The molecular formula is C44H24N4. The van der Waals surface area contributed by atoms with E-state index >= 15 is 0 Å². The van der Waals surface area contributed by atoms with Crippen LogP contribution in [0.4, 0.5) is 0 Å². The van der Waals surface area contributed by atoms with Gasteiger partial charge in [-0.25, -0.2) is 0 Å². The molecule has 0 aliphatic heterocycles. The van der Waals surface area contributed by atoms with E-state index in [1.165, 1.54) is 0 Å². The van der Waals surface area contributed by atoms with Gasteiger partial charge in [0.05, 0.1) is 56.4 Å². The van der Waals surface area contributed by atoms with E-state index < -0.39 is 0 Å². The molecule has 2 aromatic heterocycles. The van der Waals surface area contributed by atoms with E-state index in [-0.39, 0.29) is 0 Å². The Kier molecular flexibility index (Phi) is 6.13. The Morgan fingerprint density at radius 1 is 0.479 bits per heavy atom. The molecule has 0 bridgehead atoms. The lowest BCUT2D eigenvalue weighted by molar-refractivity contribution is 1.18. The second-order valence-electron chi connectivity index (χ2n) is 11.9.